The van der Waals surface area contributed by atoms with Gasteiger partial charge in [-0.1, -0.05) is 31.4 Å². The van der Waals surface area contributed by atoms with Crippen LogP contribution in [-0.2, 0) is 0 Å². The highest BCUT2D eigenvalue weighted by Gasteiger charge is 2.26. The summed E-state index contributed by atoms with van der Waals surface area (Å²) in [5.41, 5.74) is 1.22. The summed E-state index contributed by atoms with van der Waals surface area (Å²) in [6.45, 7) is 5.29. The van der Waals surface area contributed by atoms with Gasteiger partial charge >= 0.3 is 0 Å². The molecule has 1 fully saturated rings. The highest BCUT2D eigenvalue weighted by atomic mass is 35.5. The van der Waals surface area contributed by atoms with Crippen LogP contribution in [0.2, 0.25) is 4.34 Å². The number of hydrogen-bond acceptors (Lipinski definition) is 2. The van der Waals surface area contributed by atoms with Gasteiger partial charge in [-0.15, -0.1) is 11.3 Å². The van der Waals surface area contributed by atoms with Gasteiger partial charge in [-0.05, 0) is 37.4 Å². The third-order valence-electron chi connectivity index (χ3n) is 2.94. The third kappa shape index (κ3) is 2.96. The minimum Gasteiger partial charge on any atom is -0.310 e. The molecule has 3 heteroatoms. The van der Waals surface area contributed by atoms with Crippen molar-refractivity contribution in [2.75, 3.05) is 6.54 Å². The van der Waals surface area contributed by atoms with Gasteiger partial charge in [-0.2, -0.15) is 0 Å². The monoisotopic (exact) mass is 243 g/mol. The second-order valence-corrected chi connectivity index (χ2v) is 6.08. The Morgan fingerprint density at radius 1 is 1.60 bits per heavy atom. The second kappa shape index (κ2) is 4.86. The van der Waals surface area contributed by atoms with Gasteiger partial charge in [0.1, 0.15) is 0 Å². The van der Waals surface area contributed by atoms with Crippen LogP contribution in [0.4, 0.5) is 0 Å². The minimum atomic E-state index is 0.527. The van der Waals surface area contributed by atoms with Crippen molar-refractivity contribution in [2.45, 2.75) is 39.2 Å². The average Bonchev–Trinajstić information content (AvgIpc) is 2.94. The third-order valence-corrected chi connectivity index (χ3v) is 4.60. The van der Waals surface area contributed by atoms with Crippen LogP contribution < -0.4 is 5.32 Å². The first-order chi connectivity index (χ1) is 7.20. The summed E-state index contributed by atoms with van der Waals surface area (Å²) in [6, 6.07) is 2.77. The predicted molar refractivity (Wildman–Crippen MR) is 67.8 cm³/mol. The van der Waals surface area contributed by atoms with Crippen LogP contribution in [0.5, 0.6) is 0 Å². The molecule has 1 aliphatic rings. The lowest BCUT2D eigenvalue weighted by atomic mass is 10.1. The van der Waals surface area contributed by atoms with Crippen LogP contribution in [-0.4, -0.2) is 6.54 Å². The van der Waals surface area contributed by atoms with E-state index in [1.54, 1.807) is 11.3 Å². The largest absolute Gasteiger partial charge is 0.310 e. The first-order valence-corrected chi connectivity index (χ1v) is 6.89. The number of hydrogen-bond donors (Lipinski definition) is 1. The Bertz CT molecular complexity index is 311. The van der Waals surface area contributed by atoms with Gasteiger partial charge in [0.15, 0.2) is 0 Å². The Labute approximate surface area is 101 Å². The quantitative estimate of drug-likeness (QED) is 0.819. The maximum absolute atomic E-state index is 6.12. The lowest BCUT2D eigenvalue weighted by Gasteiger charge is -2.15. The zero-order valence-electron chi connectivity index (χ0n) is 9.35. The smallest absolute Gasteiger partial charge is 0.0960 e. The van der Waals surface area contributed by atoms with Crippen molar-refractivity contribution in [1.29, 1.82) is 0 Å². The molecule has 0 saturated heterocycles. The molecule has 84 valence electrons. The molecule has 0 spiro atoms. The van der Waals surface area contributed by atoms with Crippen LogP contribution in [0.25, 0.3) is 0 Å². The highest BCUT2D eigenvalue weighted by molar-refractivity contribution is 7.16. The van der Waals surface area contributed by atoms with Gasteiger partial charge in [0.2, 0.25) is 0 Å². The maximum Gasteiger partial charge on any atom is 0.0960 e. The van der Waals surface area contributed by atoms with Crippen molar-refractivity contribution in [2.24, 2.45) is 5.92 Å². The molecule has 1 nitrogen and oxygen atoms in total. The van der Waals surface area contributed by atoms with Gasteiger partial charge in [0.05, 0.1) is 4.34 Å². The molecule has 0 amide bonds. The molecular weight excluding hydrogens is 226 g/mol. The zero-order valence-corrected chi connectivity index (χ0v) is 10.9. The van der Waals surface area contributed by atoms with E-state index in [0.717, 1.165) is 16.8 Å². The first-order valence-electron chi connectivity index (χ1n) is 5.70. The van der Waals surface area contributed by atoms with Crippen molar-refractivity contribution in [1.82, 2.24) is 5.32 Å². The SMILES string of the molecule is CCNC(CC1CC1)c1cc(C)c(Cl)s1. The summed E-state index contributed by atoms with van der Waals surface area (Å²) in [5, 5.41) is 3.56. The molecule has 0 bridgehead atoms. The van der Waals surface area contributed by atoms with Crippen molar-refractivity contribution in [3.8, 4) is 0 Å². The summed E-state index contributed by atoms with van der Waals surface area (Å²) < 4.78 is 0.948. The van der Waals surface area contributed by atoms with Crippen LogP contribution in [0, 0.1) is 12.8 Å². The lowest BCUT2D eigenvalue weighted by Crippen LogP contribution is -2.20. The molecule has 1 aliphatic carbocycles. The molecule has 15 heavy (non-hydrogen) atoms. The number of nitrogens with one attached hydrogen (secondary N) is 1. The van der Waals surface area contributed by atoms with E-state index in [2.05, 4.69) is 25.2 Å². The number of thiophene rings is 1. The molecule has 1 unspecified atom stereocenters. The average molecular weight is 244 g/mol. The van der Waals surface area contributed by atoms with Crippen molar-refractivity contribution < 1.29 is 0 Å². The van der Waals surface area contributed by atoms with E-state index in [4.69, 9.17) is 11.6 Å². The first kappa shape index (κ1) is 11.4. The molecule has 0 aliphatic heterocycles. The Morgan fingerprint density at radius 3 is 2.80 bits per heavy atom. The standard InChI is InChI=1S/C12H18ClNS/c1-3-14-10(7-9-4-5-9)11-6-8(2)12(13)15-11/h6,9-10,14H,3-5,7H2,1-2H3. The van der Waals surface area contributed by atoms with Crippen LogP contribution in [0.3, 0.4) is 0 Å². The van der Waals surface area contributed by atoms with Crippen LogP contribution in [0.1, 0.15) is 42.7 Å². The number of halogens is 1. The summed E-state index contributed by atoms with van der Waals surface area (Å²) in [7, 11) is 0. The molecule has 1 atom stereocenters. The van der Waals surface area contributed by atoms with Gasteiger partial charge < -0.3 is 5.32 Å². The molecule has 0 radical (unpaired) electrons. The van der Waals surface area contributed by atoms with Crippen LogP contribution in [0.15, 0.2) is 6.07 Å². The highest BCUT2D eigenvalue weighted by Crippen LogP contribution is 2.40. The topological polar surface area (TPSA) is 12.0 Å². The van der Waals surface area contributed by atoms with Gasteiger partial charge in [0, 0.05) is 10.9 Å². The summed E-state index contributed by atoms with van der Waals surface area (Å²) in [5.74, 6) is 0.954. The van der Waals surface area contributed by atoms with Crippen molar-refractivity contribution in [3.63, 3.8) is 0 Å². The molecule has 1 aromatic heterocycles. The fourth-order valence-electron chi connectivity index (χ4n) is 1.89. The zero-order chi connectivity index (χ0) is 10.8. The lowest BCUT2D eigenvalue weighted by molar-refractivity contribution is 0.493. The Kier molecular flexibility index (Phi) is 3.70. The summed E-state index contributed by atoms with van der Waals surface area (Å²) in [6.07, 6.45) is 4.12. The normalized spacial score (nSPS) is 18.1. The van der Waals surface area contributed by atoms with E-state index in [-0.39, 0.29) is 0 Å². The van der Waals surface area contributed by atoms with Gasteiger partial charge in [-0.25, -0.2) is 0 Å². The van der Waals surface area contributed by atoms with E-state index < -0.39 is 0 Å². The van der Waals surface area contributed by atoms with Crippen LogP contribution >= 0.6 is 22.9 Å². The second-order valence-electron chi connectivity index (χ2n) is 4.39. The van der Waals surface area contributed by atoms with E-state index in [9.17, 15) is 0 Å². The van der Waals surface area contributed by atoms with Gasteiger partial charge in [0.25, 0.3) is 0 Å². The molecule has 0 aromatic carbocycles. The Morgan fingerprint density at radius 2 is 2.33 bits per heavy atom. The molecule has 1 N–H and O–H groups in total. The van der Waals surface area contributed by atoms with E-state index in [1.807, 2.05) is 0 Å². The maximum atomic E-state index is 6.12. The summed E-state index contributed by atoms with van der Waals surface area (Å²) >= 11 is 7.85. The summed E-state index contributed by atoms with van der Waals surface area (Å²) in [4.78, 5) is 1.41. The van der Waals surface area contributed by atoms with E-state index in [1.165, 1.54) is 29.7 Å². The molecule has 1 aromatic rings. The fraction of sp³-hybridized carbons (Fsp3) is 0.667. The van der Waals surface area contributed by atoms with Crippen molar-refractivity contribution in [3.05, 3.63) is 20.8 Å². The van der Waals surface area contributed by atoms with Gasteiger partial charge in [-0.3, -0.25) is 0 Å². The van der Waals surface area contributed by atoms with E-state index in [0.29, 0.717) is 6.04 Å². The molecule has 2 rings (SSSR count). The molecule has 1 heterocycles. The minimum absolute atomic E-state index is 0.527. The van der Waals surface area contributed by atoms with E-state index >= 15 is 0 Å². The number of aryl methyl sites for hydroxylation is 1. The molecule has 1 saturated carbocycles. The fourth-order valence-corrected chi connectivity index (χ4v) is 3.19. The van der Waals surface area contributed by atoms with Crippen molar-refractivity contribution >= 4 is 22.9 Å². The number of rotatable bonds is 5. The molecular formula is C12H18ClNS. The Balaban J connectivity index is 2.07. The predicted octanol–water partition coefficient (Wildman–Crippen LogP) is 4.16. The Hall–Kier alpha value is -0.0500.